The molecule has 6 atom stereocenters. The van der Waals surface area contributed by atoms with Crippen LogP contribution in [0, 0.1) is 11.7 Å². The molecule has 0 spiro atoms. The number of anilines is 1. The lowest BCUT2D eigenvalue weighted by atomic mass is 9.94. The third kappa shape index (κ3) is 6.45. The lowest BCUT2D eigenvalue weighted by Crippen LogP contribution is -2.59. The van der Waals surface area contributed by atoms with Gasteiger partial charge in [-0.25, -0.2) is 9.18 Å². The van der Waals surface area contributed by atoms with Crippen LogP contribution in [0.25, 0.3) is 0 Å². The number of carbonyl (C=O) groups excluding carboxylic acids is 2. The SMILES string of the molecule is O=C(NCC1C[C@H]2O[C@H](CO)[C@@H](OC(=O)C3CC3)[C@H](OCc3ccccc3)[C@H]2O1)Nc1cccc(F)c1. The first kappa shape index (κ1) is 25.6. The Labute approximate surface area is 214 Å². The molecule has 2 amide bonds. The highest BCUT2D eigenvalue weighted by Gasteiger charge is 2.54. The second-order valence-electron chi connectivity index (χ2n) is 9.64. The average Bonchev–Trinajstić information content (AvgIpc) is 3.67. The van der Waals surface area contributed by atoms with Gasteiger partial charge in [-0.2, -0.15) is 0 Å². The van der Waals surface area contributed by atoms with Gasteiger partial charge in [-0.3, -0.25) is 4.79 Å². The summed E-state index contributed by atoms with van der Waals surface area (Å²) in [5, 5.41) is 15.4. The van der Waals surface area contributed by atoms with Crippen LogP contribution >= 0.6 is 0 Å². The Hall–Kier alpha value is -3.05. The number of rotatable bonds is 9. The van der Waals surface area contributed by atoms with E-state index in [2.05, 4.69) is 10.6 Å². The van der Waals surface area contributed by atoms with Crippen molar-refractivity contribution >= 4 is 17.7 Å². The van der Waals surface area contributed by atoms with Crippen LogP contribution in [0.3, 0.4) is 0 Å². The van der Waals surface area contributed by atoms with Crippen molar-refractivity contribution in [1.29, 1.82) is 0 Å². The minimum Gasteiger partial charge on any atom is -0.456 e. The van der Waals surface area contributed by atoms with Crippen LogP contribution in [-0.4, -0.2) is 66.9 Å². The monoisotopic (exact) mass is 514 g/mol. The van der Waals surface area contributed by atoms with Gasteiger partial charge >= 0.3 is 12.0 Å². The molecule has 2 heterocycles. The molecule has 1 aliphatic carbocycles. The van der Waals surface area contributed by atoms with Crippen LogP contribution in [0.15, 0.2) is 54.6 Å². The van der Waals surface area contributed by atoms with Crippen LogP contribution in [0.2, 0.25) is 0 Å². The molecule has 2 aliphatic heterocycles. The van der Waals surface area contributed by atoms with Gasteiger partial charge in [0.2, 0.25) is 0 Å². The van der Waals surface area contributed by atoms with Crippen molar-refractivity contribution in [3.05, 3.63) is 66.0 Å². The Morgan fingerprint density at radius 1 is 1.05 bits per heavy atom. The molecule has 37 heavy (non-hydrogen) atoms. The Balaban J connectivity index is 1.24. The number of carbonyl (C=O) groups is 2. The third-order valence-corrected chi connectivity index (χ3v) is 6.78. The summed E-state index contributed by atoms with van der Waals surface area (Å²) in [7, 11) is 0. The Morgan fingerprint density at radius 2 is 1.86 bits per heavy atom. The maximum Gasteiger partial charge on any atom is 0.319 e. The molecule has 198 valence electrons. The standard InChI is InChI=1S/C27H31FN2O7/c28-18-7-4-8-19(11-18)30-27(33)29-13-20-12-21-23(35-20)25(34-15-16-5-2-1-3-6-16)24(22(14-31)36-21)37-26(32)17-9-10-17/h1-8,11,17,20-25,31H,9-10,12-15H2,(H2,29,30,33)/t20?,21-,22-,23+,24-,25-/m1/s1. The molecule has 2 aromatic rings. The molecule has 5 rings (SSSR count). The number of hydrogen-bond donors (Lipinski definition) is 3. The van der Waals surface area contributed by atoms with E-state index in [1.165, 1.54) is 18.2 Å². The number of hydrogen-bond acceptors (Lipinski definition) is 7. The molecule has 9 nitrogen and oxygen atoms in total. The summed E-state index contributed by atoms with van der Waals surface area (Å²) in [5.74, 6) is -0.885. The van der Waals surface area contributed by atoms with Crippen molar-refractivity contribution in [3.63, 3.8) is 0 Å². The number of esters is 1. The van der Waals surface area contributed by atoms with Crippen molar-refractivity contribution in [3.8, 4) is 0 Å². The maximum atomic E-state index is 13.4. The molecule has 3 fully saturated rings. The van der Waals surface area contributed by atoms with E-state index in [9.17, 15) is 19.1 Å². The van der Waals surface area contributed by atoms with Gasteiger partial charge in [-0.15, -0.1) is 0 Å². The highest BCUT2D eigenvalue weighted by atomic mass is 19.1. The molecule has 3 N–H and O–H groups in total. The summed E-state index contributed by atoms with van der Waals surface area (Å²) in [5.41, 5.74) is 1.28. The molecule has 10 heteroatoms. The van der Waals surface area contributed by atoms with Crippen molar-refractivity contribution in [1.82, 2.24) is 5.32 Å². The minimum atomic E-state index is -0.828. The second-order valence-corrected chi connectivity index (χ2v) is 9.64. The van der Waals surface area contributed by atoms with E-state index in [4.69, 9.17) is 18.9 Å². The molecular formula is C27H31FN2O7. The fourth-order valence-electron chi connectivity index (χ4n) is 4.76. The second kappa shape index (κ2) is 11.6. The number of urea groups is 1. The van der Waals surface area contributed by atoms with E-state index in [-0.39, 0.29) is 31.6 Å². The lowest BCUT2D eigenvalue weighted by Gasteiger charge is -2.42. The molecule has 0 aromatic heterocycles. The highest BCUT2D eigenvalue weighted by Crippen LogP contribution is 2.38. The smallest absolute Gasteiger partial charge is 0.319 e. The summed E-state index contributed by atoms with van der Waals surface area (Å²) in [6.07, 6.45) is -1.57. The normalized spacial score (nSPS) is 28.8. The first-order valence-electron chi connectivity index (χ1n) is 12.6. The van der Waals surface area contributed by atoms with E-state index < -0.39 is 48.5 Å². The average molecular weight is 515 g/mol. The summed E-state index contributed by atoms with van der Waals surface area (Å²) in [6.45, 7) is 0.113. The van der Waals surface area contributed by atoms with Crippen LogP contribution in [-0.2, 0) is 30.3 Å². The number of nitrogens with one attached hydrogen (secondary N) is 2. The van der Waals surface area contributed by atoms with Gasteiger partial charge in [0.05, 0.1) is 31.3 Å². The number of aliphatic hydroxyl groups is 1. The van der Waals surface area contributed by atoms with Gasteiger partial charge in [0.1, 0.15) is 24.1 Å². The Bertz CT molecular complexity index is 1080. The van der Waals surface area contributed by atoms with E-state index in [1.54, 1.807) is 6.07 Å². The van der Waals surface area contributed by atoms with Crippen LogP contribution < -0.4 is 10.6 Å². The van der Waals surface area contributed by atoms with Gasteiger partial charge in [-0.1, -0.05) is 36.4 Å². The molecule has 1 unspecified atom stereocenters. The van der Waals surface area contributed by atoms with E-state index in [0.29, 0.717) is 12.1 Å². The van der Waals surface area contributed by atoms with Crippen molar-refractivity contribution in [2.75, 3.05) is 18.5 Å². The number of benzene rings is 2. The van der Waals surface area contributed by atoms with E-state index in [1.807, 2.05) is 30.3 Å². The Kier molecular flexibility index (Phi) is 7.99. The topological polar surface area (TPSA) is 115 Å². The highest BCUT2D eigenvalue weighted by molar-refractivity contribution is 5.89. The van der Waals surface area contributed by atoms with Gasteiger partial charge in [-0.05, 0) is 36.6 Å². The number of aliphatic hydroxyl groups excluding tert-OH is 1. The Morgan fingerprint density at radius 3 is 2.59 bits per heavy atom. The fraction of sp³-hybridized carbons (Fsp3) is 0.481. The van der Waals surface area contributed by atoms with Gasteiger partial charge in [0.25, 0.3) is 0 Å². The van der Waals surface area contributed by atoms with Gasteiger partial charge in [0, 0.05) is 18.7 Å². The first-order valence-corrected chi connectivity index (χ1v) is 12.6. The molecule has 0 bridgehead atoms. The molecule has 1 saturated carbocycles. The molecular weight excluding hydrogens is 483 g/mol. The van der Waals surface area contributed by atoms with E-state index >= 15 is 0 Å². The lowest BCUT2D eigenvalue weighted by molar-refractivity contribution is -0.243. The minimum absolute atomic E-state index is 0.120. The van der Waals surface area contributed by atoms with Crippen LogP contribution in [0.1, 0.15) is 24.8 Å². The first-order chi connectivity index (χ1) is 18.0. The summed E-state index contributed by atoms with van der Waals surface area (Å²) in [6, 6.07) is 14.7. The van der Waals surface area contributed by atoms with Crippen LogP contribution in [0.5, 0.6) is 0 Å². The predicted octanol–water partition coefficient (Wildman–Crippen LogP) is 2.77. The molecule has 0 radical (unpaired) electrons. The van der Waals surface area contributed by atoms with Crippen molar-refractivity contribution in [2.24, 2.45) is 5.92 Å². The molecule has 2 aromatic carbocycles. The molecule has 3 aliphatic rings. The number of amides is 2. The fourth-order valence-corrected chi connectivity index (χ4v) is 4.76. The zero-order valence-electron chi connectivity index (χ0n) is 20.3. The van der Waals surface area contributed by atoms with Crippen molar-refractivity contribution in [2.45, 2.75) is 62.5 Å². The largest absolute Gasteiger partial charge is 0.456 e. The van der Waals surface area contributed by atoms with Crippen LogP contribution in [0.4, 0.5) is 14.9 Å². The zero-order valence-corrected chi connectivity index (χ0v) is 20.3. The summed E-state index contributed by atoms with van der Waals surface area (Å²) in [4.78, 5) is 24.8. The number of halogens is 1. The van der Waals surface area contributed by atoms with Crippen molar-refractivity contribution < 1.29 is 38.0 Å². The number of fused-ring (bicyclic) bond motifs is 1. The summed E-state index contributed by atoms with van der Waals surface area (Å²) < 4.78 is 37.8. The zero-order chi connectivity index (χ0) is 25.8. The van der Waals surface area contributed by atoms with Gasteiger partial charge in [0.15, 0.2) is 6.10 Å². The summed E-state index contributed by atoms with van der Waals surface area (Å²) >= 11 is 0. The maximum absolute atomic E-state index is 13.4. The van der Waals surface area contributed by atoms with E-state index in [0.717, 1.165) is 18.4 Å². The molecule has 2 saturated heterocycles. The third-order valence-electron chi connectivity index (χ3n) is 6.78. The van der Waals surface area contributed by atoms with Gasteiger partial charge < -0.3 is 34.7 Å². The quantitative estimate of drug-likeness (QED) is 0.441. The number of ether oxygens (including phenoxy) is 4. The predicted molar refractivity (Wildman–Crippen MR) is 130 cm³/mol.